The van der Waals surface area contributed by atoms with Crippen molar-refractivity contribution < 1.29 is 4.79 Å². The van der Waals surface area contributed by atoms with Gasteiger partial charge < -0.3 is 10.6 Å². The Morgan fingerprint density at radius 2 is 2.08 bits per heavy atom. The molecule has 0 unspecified atom stereocenters. The lowest BCUT2D eigenvalue weighted by Gasteiger charge is -2.08. The summed E-state index contributed by atoms with van der Waals surface area (Å²) in [6, 6.07) is 15.3. The van der Waals surface area contributed by atoms with Crippen LogP contribution in [0.1, 0.15) is 15.9 Å². The number of anilines is 2. The molecule has 0 atom stereocenters. The van der Waals surface area contributed by atoms with Crippen molar-refractivity contribution in [3.05, 3.63) is 77.7 Å². The molecule has 3 aromatic rings. The maximum atomic E-state index is 12.5. The van der Waals surface area contributed by atoms with Gasteiger partial charge in [0.2, 0.25) is 0 Å². The summed E-state index contributed by atoms with van der Waals surface area (Å²) in [5, 5.41) is 8.98. The number of nitrogens with one attached hydrogen (secondary N) is 2. The van der Waals surface area contributed by atoms with E-state index in [1.54, 1.807) is 17.4 Å². The average Bonchev–Trinajstić information content (AvgIpc) is 3.09. The molecule has 0 aliphatic carbocycles. The molecule has 0 spiro atoms. The molecule has 0 aliphatic rings. The Labute approximate surface area is 151 Å². The van der Waals surface area contributed by atoms with Crippen molar-refractivity contribution >= 4 is 28.1 Å². The van der Waals surface area contributed by atoms with E-state index < -0.39 is 0 Å². The van der Waals surface area contributed by atoms with Gasteiger partial charge in [0.25, 0.3) is 5.91 Å². The SMILES string of the molecule is C=CCNc1nc(-c2cccc(NC(=O)c3ccccc3C)c2)cs1. The summed E-state index contributed by atoms with van der Waals surface area (Å²) in [4.78, 5) is 17.0. The van der Waals surface area contributed by atoms with Gasteiger partial charge in [-0.1, -0.05) is 36.4 Å². The Kier molecular flexibility index (Phi) is 5.26. The van der Waals surface area contributed by atoms with Crippen molar-refractivity contribution in [3.63, 3.8) is 0 Å². The number of rotatable bonds is 6. The Morgan fingerprint density at radius 3 is 2.88 bits per heavy atom. The Hall–Kier alpha value is -2.92. The average molecular weight is 349 g/mol. The zero-order valence-electron chi connectivity index (χ0n) is 14.0. The fourth-order valence-corrected chi connectivity index (χ4v) is 3.16. The van der Waals surface area contributed by atoms with Crippen LogP contribution >= 0.6 is 11.3 Å². The summed E-state index contributed by atoms with van der Waals surface area (Å²) in [5.74, 6) is -0.109. The molecule has 0 radical (unpaired) electrons. The minimum atomic E-state index is -0.109. The minimum absolute atomic E-state index is 0.109. The van der Waals surface area contributed by atoms with Crippen molar-refractivity contribution in [1.82, 2.24) is 4.98 Å². The van der Waals surface area contributed by atoms with E-state index in [2.05, 4.69) is 22.2 Å². The topological polar surface area (TPSA) is 54.0 Å². The number of hydrogen-bond acceptors (Lipinski definition) is 4. The van der Waals surface area contributed by atoms with Crippen LogP contribution < -0.4 is 10.6 Å². The second-order valence-corrected chi connectivity index (χ2v) is 6.42. The second-order valence-electron chi connectivity index (χ2n) is 5.56. The lowest BCUT2D eigenvalue weighted by Crippen LogP contribution is -2.13. The van der Waals surface area contributed by atoms with E-state index in [1.165, 1.54) is 0 Å². The van der Waals surface area contributed by atoms with Gasteiger partial charge in [0.15, 0.2) is 5.13 Å². The Morgan fingerprint density at radius 1 is 1.24 bits per heavy atom. The second kappa shape index (κ2) is 7.77. The van der Waals surface area contributed by atoms with Crippen LogP contribution in [-0.4, -0.2) is 17.4 Å². The molecule has 25 heavy (non-hydrogen) atoms. The van der Waals surface area contributed by atoms with Crippen LogP contribution in [0, 0.1) is 6.92 Å². The molecule has 0 bridgehead atoms. The molecule has 0 saturated carbocycles. The van der Waals surface area contributed by atoms with E-state index in [-0.39, 0.29) is 5.91 Å². The maximum absolute atomic E-state index is 12.5. The number of nitrogens with zero attached hydrogens (tertiary/aromatic N) is 1. The normalized spacial score (nSPS) is 10.3. The first-order valence-electron chi connectivity index (χ1n) is 7.95. The maximum Gasteiger partial charge on any atom is 0.255 e. The third kappa shape index (κ3) is 4.14. The molecular formula is C20H19N3OS. The minimum Gasteiger partial charge on any atom is -0.358 e. The largest absolute Gasteiger partial charge is 0.358 e. The molecular weight excluding hydrogens is 330 g/mol. The predicted molar refractivity (Wildman–Crippen MR) is 105 cm³/mol. The molecule has 5 heteroatoms. The van der Waals surface area contributed by atoms with Crippen molar-refractivity contribution in [2.45, 2.75) is 6.92 Å². The van der Waals surface area contributed by atoms with Crippen molar-refractivity contribution in [3.8, 4) is 11.3 Å². The van der Waals surface area contributed by atoms with Gasteiger partial charge in [-0.25, -0.2) is 4.98 Å². The third-order valence-corrected chi connectivity index (χ3v) is 4.51. The lowest BCUT2D eigenvalue weighted by atomic mass is 10.1. The van der Waals surface area contributed by atoms with Crippen molar-refractivity contribution in [1.29, 1.82) is 0 Å². The van der Waals surface area contributed by atoms with Crippen LogP contribution in [0.5, 0.6) is 0 Å². The number of carbonyl (C=O) groups excluding carboxylic acids is 1. The van der Waals surface area contributed by atoms with Gasteiger partial charge >= 0.3 is 0 Å². The predicted octanol–water partition coefficient (Wildman–Crippen LogP) is 4.97. The first-order chi connectivity index (χ1) is 12.2. The number of hydrogen-bond donors (Lipinski definition) is 2. The first-order valence-corrected chi connectivity index (χ1v) is 8.83. The van der Waals surface area contributed by atoms with Crippen LogP contribution in [0.2, 0.25) is 0 Å². The van der Waals surface area contributed by atoms with Crippen LogP contribution in [0.25, 0.3) is 11.3 Å². The zero-order valence-corrected chi connectivity index (χ0v) is 14.8. The van der Waals surface area contributed by atoms with Crippen LogP contribution in [-0.2, 0) is 0 Å². The Bertz CT molecular complexity index is 901. The monoisotopic (exact) mass is 349 g/mol. The lowest BCUT2D eigenvalue weighted by molar-refractivity contribution is 0.102. The molecule has 3 rings (SSSR count). The standard InChI is InChI=1S/C20H19N3OS/c1-3-11-21-20-23-18(13-25-20)15-8-6-9-16(12-15)22-19(24)17-10-5-4-7-14(17)2/h3-10,12-13H,1,11H2,2H3,(H,21,23)(H,22,24). The summed E-state index contributed by atoms with van der Waals surface area (Å²) in [6.07, 6.45) is 1.79. The highest BCUT2D eigenvalue weighted by Crippen LogP contribution is 2.27. The summed E-state index contributed by atoms with van der Waals surface area (Å²) in [6.45, 7) is 6.29. The molecule has 1 amide bonds. The number of benzene rings is 2. The van der Waals surface area contributed by atoms with E-state index in [0.717, 1.165) is 27.6 Å². The van der Waals surface area contributed by atoms with Gasteiger partial charge in [-0.15, -0.1) is 17.9 Å². The number of amides is 1. The fraction of sp³-hybridized carbons (Fsp3) is 0.100. The molecule has 0 fully saturated rings. The van der Waals surface area contributed by atoms with Crippen molar-refractivity contribution in [2.75, 3.05) is 17.2 Å². The van der Waals surface area contributed by atoms with E-state index >= 15 is 0 Å². The van der Waals surface area contributed by atoms with Gasteiger partial charge in [0.1, 0.15) is 0 Å². The molecule has 2 N–H and O–H groups in total. The highest BCUT2D eigenvalue weighted by atomic mass is 32.1. The van der Waals surface area contributed by atoms with Crippen LogP contribution in [0.15, 0.2) is 66.6 Å². The fourth-order valence-electron chi connectivity index (χ4n) is 2.43. The summed E-state index contributed by atoms with van der Waals surface area (Å²) >= 11 is 1.55. The summed E-state index contributed by atoms with van der Waals surface area (Å²) in [7, 11) is 0. The molecule has 0 saturated heterocycles. The molecule has 2 aromatic carbocycles. The Balaban J connectivity index is 1.77. The van der Waals surface area contributed by atoms with Gasteiger partial charge in [-0.3, -0.25) is 4.79 Å². The molecule has 0 aliphatic heterocycles. The quantitative estimate of drug-likeness (QED) is 0.618. The zero-order chi connectivity index (χ0) is 17.6. The highest BCUT2D eigenvalue weighted by molar-refractivity contribution is 7.14. The number of carbonyl (C=O) groups is 1. The summed E-state index contributed by atoms with van der Waals surface area (Å²) in [5.41, 5.74) is 4.22. The molecule has 1 heterocycles. The van der Waals surface area contributed by atoms with Gasteiger partial charge in [0, 0.05) is 28.7 Å². The van der Waals surface area contributed by atoms with Crippen LogP contribution in [0.4, 0.5) is 10.8 Å². The number of aromatic nitrogens is 1. The van der Waals surface area contributed by atoms with Crippen molar-refractivity contribution in [2.24, 2.45) is 0 Å². The van der Waals surface area contributed by atoms with E-state index in [0.29, 0.717) is 12.1 Å². The molecule has 1 aromatic heterocycles. The van der Waals surface area contributed by atoms with E-state index in [1.807, 2.05) is 60.8 Å². The first kappa shape index (κ1) is 16.9. The summed E-state index contributed by atoms with van der Waals surface area (Å²) < 4.78 is 0. The highest BCUT2D eigenvalue weighted by Gasteiger charge is 2.10. The van der Waals surface area contributed by atoms with Gasteiger partial charge in [-0.2, -0.15) is 0 Å². The van der Waals surface area contributed by atoms with Gasteiger partial charge in [-0.05, 0) is 30.7 Å². The third-order valence-electron chi connectivity index (χ3n) is 3.71. The van der Waals surface area contributed by atoms with E-state index in [9.17, 15) is 4.79 Å². The number of aryl methyl sites for hydroxylation is 1. The molecule has 4 nitrogen and oxygen atoms in total. The van der Waals surface area contributed by atoms with E-state index in [4.69, 9.17) is 0 Å². The number of thiazole rings is 1. The van der Waals surface area contributed by atoms with Crippen LogP contribution in [0.3, 0.4) is 0 Å². The molecule has 126 valence electrons. The smallest absolute Gasteiger partial charge is 0.255 e. The van der Waals surface area contributed by atoms with Gasteiger partial charge in [0.05, 0.1) is 5.69 Å².